The predicted molar refractivity (Wildman–Crippen MR) is 82.4 cm³/mol. The summed E-state index contributed by atoms with van der Waals surface area (Å²) in [6.07, 6.45) is -4.36. The van der Waals surface area contributed by atoms with E-state index in [1.807, 2.05) is 19.1 Å². The highest BCUT2D eigenvalue weighted by Gasteiger charge is 2.30. The molecule has 3 rings (SSSR count). The van der Waals surface area contributed by atoms with Crippen LogP contribution in [0.1, 0.15) is 16.8 Å². The lowest BCUT2D eigenvalue weighted by Crippen LogP contribution is -2.04. The second-order valence-electron chi connectivity index (χ2n) is 5.29. The molecule has 0 saturated carbocycles. The smallest absolute Gasteiger partial charge is 0.416 e. The van der Waals surface area contributed by atoms with E-state index in [4.69, 9.17) is 10.5 Å². The molecular formula is C17H15F3N2O. The first-order chi connectivity index (χ1) is 10.9. The average molecular weight is 320 g/mol. The monoisotopic (exact) mass is 320 g/mol. The van der Waals surface area contributed by atoms with Crippen molar-refractivity contribution in [2.75, 3.05) is 0 Å². The number of nitrogens with two attached hydrogens (primary N) is 1. The van der Waals surface area contributed by atoms with Gasteiger partial charge in [0.05, 0.1) is 11.1 Å². The van der Waals surface area contributed by atoms with Crippen LogP contribution in [-0.4, -0.2) is 4.98 Å². The predicted octanol–water partition coefficient (Wildman–Crippen LogP) is 4.75. The van der Waals surface area contributed by atoms with Gasteiger partial charge in [0.2, 0.25) is 0 Å². The van der Waals surface area contributed by atoms with E-state index in [-0.39, 0.29) is 0 Å². The lowest BCUT2D eigenvalue weighted by molar-refractivity contribution is -0.137. The third-order valence-electron chi connectivity index (χ3n) is 3.61. The Hall–Kier alpha value is -2.47. The summed E-state index contributed by atoms with van der Waals surface area (Å²) < 4.78 is 43.5. The average Bonchev–Trinajstić information content (AvgIpc) is 2.89. The minimum absolute atomic E-state index is 0.340. The first kappa shape index (κ1) is 15.4. The number of nitrogens with one attached hydrogen (secondary N) is 1. The number of benzene rings is 2. The van der Waals surface area contributed by atoms with E-state index in [1.54, 1.807) is 6.07 Å². The number of hydrogen-bond acceptors (Lipinski definition) is 2. The van der Waals surface area contributed by atoms with Gasteiger partial charge in [-0.15, -0.1) is 0 Å². The SMILES string of the molecule is Cc1cc2c(CN)ccc(Oc3ccc(C(F)(F)F)cc3)c2[nH]1. The van der Waals surface area contributed by atoms with Crippen LogP contribution < -0.4 is 10.5 Å². The van der Waals surface area contributed by atoms with E-state index in [9.17, 15) is 13.2 Å². The van der Waals surface area contributed by atoms with Crippen molar-refractivity contribution in [3.8, 4) is 11.5 Å². The summed E-state index contributed by atoms with van der Waals surface area (Å²) in [5.74, 6) is 0.886. The number of halogens is 3. The molecule has 3 aromatic rings. The molecule has 6 heteroatoms. The molecule has 120 valence electrons. The lowest BCUT2D eigenvalue weighted by atomic mass is 10.1. The van der Waals surface area contributed by atoms with Crippen LogP contribution in [0.2, 0.25) is 0 Å². The Morgan fingerprint density at radius 1 is 1.09 bits per heavy atom. The molecule has 0 saturated heterocycles. The number of aryl methyl sites for hydroxylation is 1. The number of hydrogen-bond donors (Lipinski definition) is 2. The van der Waals surface area contributed by atoms with Crippen LogP contribution in [0.25, 0.3) is 10.9 Å². The van der Waals surface area contributed by atoms with Crippen LogP contribution in [0, 0.1) is 6.92 Å². The zero-order chi connectivity index (χ0) is 16.6. The number of H-pyrrole nitrogens is 1. The Morgan fingerprint density at radius 3 is 2.39 bits per heavy atom. The fourth-order valence-corrected chi connectivity index (χ4v) is 2.49. The Morgan fingerprint density at radius 2 is 1.78 bits per heavy atom. The minimum atomic E-state index is -4.36. The van der Waals surface area contributed by atoms with Crippen molar-refractivity contribution in [2.45, 2.75) is 19.6 Å². The Bertz CT molecular complexity index is 835. The van der Waals surface area contributed by atoms with Crippen molar-refractivity contribution in [3.63, 3.8) is 0 Å². The molecule has 0 aliphatic rings. The fraction of sp³-hybridized carbons (Fsp3) is 0.176. The summed E-state index contributed by atoms with van der Waals surface area (Å²) in [7, 11) is 0. The van der Waals surface area contributed by atoms with Gasteiger partial charge in [-0.05, 0) is 48.9 Å². The van der Waals surface area contributed by atoms with Gasteiger partial charge in [-0.1, -0.05) is 6.07 Å². The van der Waals surface area contributed by atoms with E-state index in [0.29, 0.717) is 18.0 Å². The molecule has 0 atom stereocenters. The van der Waals surface area contributed by atoms with Gasteiger partial charge >= 0.3 is 6.18 Å². The van der Waals surface area contributed by atoms with Crippen LogP contribution in [0.15, 0.2) is 42.5 Å². The molecule has 23 heavy (non-hydrogen) atoms. The molecule has 0 fully saturated rings. The molecule has 0 aliphatic heterocycles. The first-order valence-electron chi connectivity index (χ1n) is 7.05. The van der Waals surface area contributed by atoms with Gasteiger partial charge in [0.1, 0.15) is 5.75 Å². The second-order valence-corrected chi connectivity index (χ2v) is 5.29. The molecular weight excluding hydrogens is 305 g/mol. The summed E-state index contributed by atoms with van der Waals surface area (Å²) in [6.45, 7) is 2.32. The normalized spacial score (nSPS) is 11.9. The number of fused-ring (bicyclic) bond motifs is 1. The summed E-state index contributed by atoms with van der Waals surface area (Å²) >= 11 is 0. The van der Waals surface area contributed by atoms with Gasteiger partial charge in [0, 0.05) is 17.6 Å². The maximum absolute atomic E-state index is 12.6. The molecule has 0 aliphatic carbocycles. The Labute approximate surface area is 130 Å². The van der Waals surface area contributed by atoms with Crippen molar-refractivity contribution in [3.05, 3.63) is 59.3 Å². The van der Waals surface area contributed by atoms with Gasteiger partial charge in [-0.3, -0.25) is 0 Å². The zero-order valence-corrected chi connectivity index (χ0v) is 12.4. The van der Waals surface area contributed by atoms with Gasteiger partial charge in [-0.2, -0.15) is 13.2 Å². The number of alkyl halides is 3. The molecule has 0 spiro atoms. The van der Waals surface area contributed by atoms with Crippen LogP contribution in [0.4, 0.5) is 13.2 Å². The molecule has 2 aromatic carbocycles. The minimum Gasteiger partial charge on any atom is -0.455 e. The third-order valence-corrected chi connectivity index (χ3v) is 3.61. The molecule has 3 N–H and O–H groups in total. The van der Waals surface area contributed by atoms with Crippen molar-refractivity contribution >= 4 is 10.9 Å². The van der Waals surface area contributed by atoms with Crippen LogP contribution in [-0.2, 0) is 12.7 Å². The van der Waals surface area contributed by atoms with Gasteiger partial charge in [0.15, 0.2) is 5.75 Å². The van der Waals surface area contributed by atoms with E-state index in [1.165, 1.54) is 12.1 Å². The highest BCUT2D eigenvalue weighted by molar-refractivity contribution is 5.89. The van der Waals surface area contributed by atoms with Gasteiger partial charge in [-0.25, -0.2) is 0 Å². The summed E-state index contributed by atoms with van der Waals surface area (Å²) in [5, 5.41) is 0.953. The maximum atomic E-state index is 12.6. The topological polar surface area (TPSA) is 51.0 Å². The standard InChI is InChI=1S/C17H15F3N2O/c1-10-8-14-11(9-21)2-7-15(16(14)22-10)23-13-5-3-12(4-6-13)17(18,19)20/h2-8,22H,9,21H2,1H3. The fourth-order valence-electron chi connectivity index (χ4n) is 2.49. The van der Waals surface area contributed by atoms with Crippen LogP contribution in [0.3, 0.4) is 0 Å². The highest BCUT2D eigenvalue weighted by Crippen LogP contribution is 2.34. The number of aromatic nitrogens is 1. The molecule has 1 heterocycles. The second kappa shape index (κ2) is 5.62. The molecule has 0 bridgehead atoms. The Kier molecular flexibility index (Phi) is 3.77. The molecule has 0 amide bonds. The summed E-state index contributed by atoms with van der Waals surface area (Å²) in [4.78, 5) is 3.20. The van der Waals surface area contributed by atoms with Crippen molar-refractivity contribution in [1.82, 2.24) is 4.98 Å². The molecule has 0 radical (unpaired) electrons. The van der Waals surface area contributed by atoms with Crippen molar-refractivity contribution in [1.29, 1.82) is 0 Å². The van der Waals surface area contributed by atoms with E-state index in [0.717, 1.165) is 34.3 Å². The molecule has 3 nitrogen and oxygen atoms in total. The number of rotatable bonds is 3. The summed E-state index contributed by atoms with van der Waals surface area (Å²) in [5.41, 5.74) is 7.73. The molecule has 0 unspecified atom stereocenters. The van der Waals surface area contributed by atoms with Crippen LogP contribution in [0.5, 0.6) is 11.5 Å². The Balaban J connectivity index is 1.96. The van der Waals surface area contributed by atoms with Gasteiger partial charge < -0.3 is 15.5 Å². The zero-order valence-electron chi connectivity index (χ0n) is 12.4. The highest BCUT2D eigenvalue weighted by atomic mass is 19.4. The molecule has 1 aromatic heterocycles. The van der Waals surface area contributed by atoms with E-state index in [2.05, 4.69) is 4.98 Å². The maximum Gasteiger partial charge on any atom is 0.416 e. The first-order valence-corrected chi connectivity index (χ1v) is 7.05. The van der Waals surface area contributed by atoms with Crippen molar-refractivity contribution < 1.29 is 17.9 Å². The third kappa shape index (κ3) is 3.03. The quantitative estimate of drug-likeness (QED) is 0.732. The van der Waals surface area contributed by atoms with Crippen LogP contribution >= 0.6 is 0 Å². The van der Waals surface area contributed by atoms with E-state index >= 15 is 0 Å². The van der Waals surface area contributed by atoms with E-state index < -0.39 is 11.7 Å². The van der Waals surface area contributed by atoms with Gasteiger partial charge in [0.25, 0.3) is 0 Å². The summed E-state index contributed by atoms with van der Waals surface area (Å²) in [6, 6.07) is 10.2. The number of ether oxygens (including phenoxy) is 1. The largest absolute Gasteiger partial charge is 0.455 e. The number of aromatic amines is 1. The lowest BCUT2D eigenvalue weighted by Gasteiger charge is -2.10. The van der Waals surface area contributed by atoms with Crippen molar-refractivity contribution in [2.24, 2.45) is 5.73 Å².